The van der Waals surface area contributed by atoms with E-state index in [0.717, 1.165) is 11.3 Å². The highest BCUT2D eigenvalue weighted by Crippen LogP contribution is 2.17. The lowest BCUT2D eigenvalue weighted by Crippen LogP contribution is -1.92. The number of ether oxygens (including phenoxy) is 1. The maximum atomic E-state index is 5.28. The maximum Gasteiger partial charge on any atom is 0.137 e. The van der Waals surface area contributed by atoms with E-state index in [0.29, 0.717) is 0 Å². The summed E-state index contributed by atoms with van der Waals surface area (Å²) >= 11 is 0. The molecule has 1 rings (SSSR count). The average molecular weight is 161 g/mol. The first-order valence-corrected chi connectivity index (χ1v) is 3.73. The van der Waals surface area contributed by atoms with E-state index in [4.69, 9.17) is 11.2 Å². The second-order valence-electron chi connectivity index (χ2n) is 2.55. The van der Waals surface area contributed by atoms with Crippen LogP contribution in [-0.4, -0.2) is 12.1 Å². The van der Waals surface area contributed by atoms with E-state index in [2.05, 4.69) is 10.9 Å². The molecule has 1 unspecified atom stereocenters. The molecule has 0 saturated heterocycles. The first-order valence-electron chi connectivity index (χ1n) is 3.73. The molecule has 2 heteroatoms. The highest BCUT2D eigenvalue weighted by atomic mass is 16.5. The predicted octanol–water partition coefficient (Wildman–Crippen LogP) is 1.83. The van der Waals surface area contributed by atoms with Gasteiger partial charge in [0.1, 0.15) is 5.75 Å². The smallest absolute Gasteiger partial charge is 0.137 e. The van der Waals surface area contributed by atoms with Gasteiger partial charge in [-0.2, -0.15) is 0 Å². The Morgan fingerprint density at radius 3 is 2.92 bits per heavy atom. The number of rotatable bonds is 2. The van der Waals surface area contributed by atoms with Gasteiger partial charge < -0.3 is 4.74 Å². The fraction of sp³-hybridized carbons (Fsp3) is 0.300. The molecule has 0 aromatic carbocycles. The molecule has 1 aromatic rings. The van der Waals surface area contributed by atoms with Crippen molar-refractivity contribution in [2.24, 2.45) is 0 Å². The summed E-state index contributed by atoms with van der Waals surface area (Å²) in [4.78, 5) is 4.00. The van der Waals surface area contributed by atoms with Crippen molar-refractivity contribution in [3.63, 3.8) is 0 Å². The fourth-order valence-electron chi connectivity index (χ4n) is 0.880. The van der Waals surface area contributed by atoms with Crippen molar-refractivity contribution in [1.29, 1.82) is 0 Å². The molecule has 2 nitrogen and oxygen atoms in total. The van der Waals surface area contributed by atoms with Crippen molar-refractivity contribution in [3.05, 3.63) is 24.0 Å². The van der Waals surface area contributed by atoms with Gasteiger partial charge in [0.15, 0.2) is 0 Å². The van der Waals surface area contributed by atoms with E-state index in [1.807, 2.05) is 13.0 Å². The Balaban J connectivity index is 2.95. The topological polar surface area (TPSA) is 22.1 Å². The van der Waals surface area contributed by atoms with Crippen LogP contribution in [0.15, 0.2) is 18.5 Å². The Morgan fingerprint density at radius 2 is 2.33 bits per heavy atom. The maximum absolute atomic E-state index is 5.28. The summed E-state index contributed by atoms with van der Waals surface area (Å²) in [6.45, 7) is 1.95. The Kier molecular flexibility index (Phi) is 2.71. The van der Waals surface area contributed by atoms with Gasteiger partial charge in [-0.15, -0.1) is 6.42 Å². The van der Waals surface area contributed by atoms with Gasteiger partial charge >= 0.3 is 0 Å². The monoisotopic (exact) mass is 161 g/mol. The fourth-order valence-corrected chi connectivity index (χ4v) is 0.880. The van der Waals surface area contributed by atoms with E-state index >= 15 is 0 Å². The molecule has 0 aliphatic heterocycles. The summed E-state index contributed by atoms with van der Waals surface area (Å²) in [5.74, 6) is 3.47. The van der Waals surface area contributed by atoms with Crippen LogP contribution in [0, 0.1) is 12.3 Å². The van der Waals surface area contributed by atoms with Crippen molar-refractivity contribution < 1.29 is 4.74 Å². The molecule has 0 aliphatic carbocycles. The third-order valence-electron chi connectivity index (χ3n) is 1.72. The summed E-state index contributed by atoms with van der Waals surface area (Å²) in [6.07, 6.45) is 8.69. The highest BCUT2D eigenvalue weighted by molar-refractivity contribution is 5.29. The minimum atomic E-state index is 0.0904. The van der Waals surface area contributed by atoms with Crippen LogP contribution >= 0.6 is 0 Å². The van der Waals surface area contributed by atoms with Gasteiger partial charge in [0.25, 0.3) is 0 Å². The number of aromatic nitrogens is 1. The summed E-state index contributed by atoms with van der Waals surface area (Å²) in [5, 5.41) is 0. The number of nitrogens with zero attached hydrogens (tertiary/aromatic N) is 1. The van der Waals surface area contributed by atoms with E-state index in [1.54, 1.807) is 19.5 Å². The van der Waals surface area contributed by atoms with E-state index in [9.17, 15) is 0 Å². The van der Waals surface area contributed by atoms with Gasteiger partial charge in [-0.05, 0) is 18.6 Å². The average Bonchev–Trinajstić information content (AvgIpc) is 2.17. The Labute approximate surface area is 72.6 Å². The second-order valence-corrected chi connectivity index (χ2v) is 2.55. The zero-order chi connectivity index (χ0) is 8.97. The highest BCUT2D eigenvalue weighted by Gasteiger charge is 2.02. The van der Waals surface area contributed by atoms with Gasteiger partial charge in [-0.25, -0.2) is 0 Å². The quantitative estimate of drug-likeness (QED) is 0.617. The summed E-state index contributed by atoms with van der Waals surface area (Å²) in [5.41, 5.74) is 1.01. The van der Waals surface area contributed by atoms with Crippen LogP contribution in [0.3, 0.4) is 0 Å². The molecule has 1 atom stereocenters. The third kappa shape index (κ3) is 1.76. The number of hydrogen-bond donors (Lipinski definition) is 0. The molecule has 1 heterocycles. The van der Waals surface area contributed by atoms with Gasteiger partial charge in [0, 0.05) is 12.1 Å². The first kappa shape index (κ1) is 8.61. The molecular weight excluding hydrogens is 150 g/mol. The summed E-state index contributed by atoms with van der Waals surface area (Å²) in [6, 6.07) is 1.90. The van der Waals surface area contributed by atoms with Crippen LogP contribution < -0.4 is 4.74 Å². The van der Waals surface area contributed by atoms with Crippen molar-refractivity contribution in [1.82, 2.24) is 4.98 Å². The van der Waals surface area contributed by atoms with Gasteiger partial charge in [0.05, 0.1) is 13.3 Å². The van der Waals surface area contributed by atoms with E-state index < -0.39 is 0 Å². The normalized spacial score (nSPS) is 11.8. The molecule has 0 aliphatic rings. The minimum absolute atomic E-state index is 0.0904. The second kappa shape index (κ2) is 3.77. The van der Waals surface area contributed by atoms with Crippen molar-refractivity contribution in [3.8, 4) is 18.1 Å². The Morgan fingerprint density at radius 1 is 1.58 bits per heavy atom. The van der Waals surface area contributed by atoms with E-state index in [-0.39, 0.29) is 5.92 Å². The largest absolute Gasteiger partial charge is 0.495 e. The molecule has 12 heavy (non-hydrogen) atoms. The van der Waals surface area contributed by atoms with Crippen molar-refractivity contribution >= 4 is 0 Å². The Bertz CT molecular complexity index is 301. The zero-order valence-corrected chi connectivity index (χ0v) is 7.24. The van der Waals surface area contributed by atoms with Crippen LogP contribution in [0.4, 0.5) is 0 Å². The summed E-state index contributed by atoms with van der Waals surface area (Å²) < 4.78 is 5.02. The Hall–Kier alpha value is -1.49. The molecular formula is C10H11NO. The third-order valence-corrected chi connectivity index (χ3v) is 1.72. The zero-order valence-electron chi connectivity index (χ0n) is 7.24. The van der Waals surface area contributed by atoms with Crippen LogP contribution in [0.5, 0.6) is 5.75 Å². The molecule has 0 amide bonds. The van der Waals surface area contributed by atoms with Gasteiger partial charge in [-0.1, -0.05) is 5.92 Å². The van der Waals surface area contributed by atoms with Crippen LogP contribution in [0.1, 0.15) is 18.4 Å². The predicted molar refractivity (Wildman–Crippen MR) is 48.0 cm³/mol. The number of pyridine rings is 1. The molecule has 0 fully saturated rings. The molecule has 0 saturated carbocycles. The molecule has 0 spiro atoms. The van der Waals surface area contributed by atoms with Crippen LogP contribution in [0.2, 0.25) is 0 Å². The van der Waals surface area contributed by atoms with E-state index in [1.165, 1.54) is 0 Å². The number of terminal acetylenes is 1. The lowest BCUT2D eigenvalue weighted by Gasteiger charge is -2.05. The van der Waals surface area contributed by atoms with Gasteiger partial charge in [0.2, 0.25) is 0 Å². The molecule has 0 bridgehead atoms. The van der Waals surface area contributed by atoms with Crippen molar-refractivity contribution in [2.45, 2.75) is 12.8 Å². The van der Waals surface area contributed by atoms with Crippen molar-refractivity contribution in [2.75, 3.05) is 7.11 Å². The SMILES string of the molecule is C#CC(C)c1cncc(OC)c1. The van der Waals surface area contributed by atoms with Crippen LogP contribution in [0.25, 0.3) is 0 Å². The molecule has 1 aromatic heterocycles. The standard InChI is InChI=1S/C10H11NO/c1-4-8(2)9-5-10(12-3)7-11-6-9/h1,5-8H,2-3H3. The first-order chi connectivity index (χ1) is 5.77. The number of methoxy groups -OCH3 is 1. The lowest BCUT2D eigenvalue weighted by molar-refractivity contribution is 0.412. The minimum Gasteiger partial charge on any atom is -0.495 e. The number of hydrogen-bond acceptors (Lipinski definition) is 2. The lowest BCUT2D eigenvalue weighted by atomic mass is 10.0. The molecule has 62 valence electrons. The molecule has 0 radical (unpaired) electrons. The van der Waals surface area contributed by atoms with Gasteiger partial charge in [-0.3, -0.25) is 4.98 Å². The van der Waals surface area contributed by atoms with Crippen LogP contribution in [-0.2, 0) is 0 Å². The molecule has 0 N–H and O–H groups in total. The summed E-state index contributed by atoms with van der Waals surface area (Å²) in [7, 11) is 1.61.